The van der Waals surface area contributed by atoms with Gasteiger partial charge in [0.15, 0.2) is 17.3 Å². The summed E-state index contributed by atoms with van der Waals surface area (Å²) < 4.78 is 16.0. The average molecular weight is 406 g/mol. The number of ketones is 1. The van der Waals surface area contributed by atoms with Crippen molar-refractivity contribution in [1.82, 2.24) is 10.2 Å². The van der Waals surface area contributed by atoms with Gasteiger partial charge in [0.25, 0.3) is 0 Å². The van der Waals surface area contributed by atoms with E-state index in [0.717, 1.165) is 28.8 Å². The quantitative estimate of drug-likeness (QED) is 0.735. The fraction of sp³-hybridized carbons (Fsp3) is 0.333. The number of nitrogens with zero attached hydrogens (tertiary/aromatic N) is 2. The molecule has 0 amide bonds. The lowest BCUT2D eigenvalue weighted by molar-refractivity contribution is -0.114. The second-order valence-electron chi connectivity index (χ2n) is 5.62. The van der Waals surface area contributed by atoms with Gasteiger partial charge in [-0.2, -0.15) is 0 Å². The molecule has 1 aliphatic rings. The number of aryl methyl sites for hydroxylation is 1. The highest BCUT2D eigenvalue weighted by molar-refractivity contribution is 8.19. The highest BCUT2D eigenvalue weighted by atomic mass is 32.2. The number of ether oxygens (including phenoxy) is 3. The summed E-state index contributed by atoms with van der Waals surface area (Å²) in [6.45, 7) is 1.98. The number of rotatable bonds is 6. The van der Waals surface area contributed by atoms with Crippen molar-refractivity contribution in [3.05, 3.63) is 32.6 Å². The monoisotopic (exact) mass is 405 g/mol. The third-order valence-electron chi connectivity index (χ3n) is 4.00. The van der Waals surface area contributed by atoms with Gasteiger partial charge >= 0.3 is 0 Å². The number of aromatic nitrogens is 2. The fourth-order valence-corrected chi connectivity index (χ4v) is 4.63. The normalized spacial score (nSPS) is 18.2. The second kappa shape index (κ2) is 8.10. The Morgan fingerprint density at radius 3 is 2.33 bits per heavy atom. The number of nitrogens with one attached hydrogen (secondary N) is 1. The fourth-order valence-electron chi connectivity index (χ4n) is 2.68. The molecular weight excluding hydrogens is 386 g/mol. The Balaban J connectivity index is 1.96. The summed E-state index contributed by atoms with van der Waals surface area (Å²) in [7, 11) is 4.61. The number of hydrogen-bond donors (Lipinski definition) is 1. The van der Waals surface area contributed by atoms with E-state index in [1.165, 1.54) is 32.7 Å². The lowest BCUT2D eigenvalue weighted by Crippen LogP contribution is -2.11. The molecule has 1 saturated heterocycles. The van der Waals surface area contributed by atoms with Crippen molar-refractivity contribution < 1.29 is 19.0 Å². The molecule has 3 rings (SSSR count). The molecule has 0 bridgehead atoms. The zero-order chi connectivity index (χ0) is 19.6. The smallest absolute Gasteiger partial charge is 0.203 e. The first-order valence-electron chi connectivity index (χ1n) is 8.16. The summed E-state index contributed by atoms with van der Waals surface area (Å²) in [5.41, 5.74) is 0.723. The van der Waals surface area contributed by atoms with Gasteiger partial charge in [-0.1, -0.05) is 18.7 Å². The summed E-state index contributed by atoms with van der Waals surface area (Å²) in [5, 5.41) is 18.1. The van der Waals surface area contributed by atoms with E-state index in [1.807, 2.05) is 6.92 Å². The number of hydrogen-bond acceptors (Lipinski definition) is 9. The minimum atomic E-state index is -0.666. The van der Waals surface area contributed by atoms with Gasteiger partial charge in [-0.05, 0) is 30.2 Å². The molecule has 9 heteroatoms. The van der Waals surface area contributed by atoms with Crippen molar-refractivity contribution in [2.75, 3.05) is 21.3 Å². The van der Waals surface area contributed by atoms with Crippen molar-refractivity contribution >= 4 is 40.0 Å². The van der Waals surface area contributed by atoms with E-state index in [4.69, 9.17) is 19.6 Å². The highest BCUT2D eigenvalue weighted by Gasteiger charge is 2.39. The van der Waals surface area contributed by atoms with Crippen molar-refractivity contribution in [1.29, 1.82) is 5.41 Å². The molecule has 1 fully saturated rings. The topological polar surface area (TPSA) is 94.4 Å². The lowest BCUT2D eigenvalue weighted by atomic mass is 10.0. The Morgan fingerprint density at radius 2 is 1.81 bits per heavy atom. The van der Waals surface area contributed by atoms with E-state index >= 15 is 0 Å². The number of allylic oxidation sites excluding steroid dienone is 1. The van der Waals surface area contributed by atoms with E-state index < -0.39 is 5.92 Å². The average Bonchev–Trinajstić information content (AvgIpc) is 3.25. The van der Waals surface area contributed by atoms with Crippen LogP contribution in [0.25, 0.3) is 6.08 Å². The van der Waals surface area contributed by atoms with Gasteiger partial charge < -0.3 is 14.2 Å². The number of methoxy groups -OCH3 is 3. The first-order valence-corrected chi connectivity index (χ1v) is 9.80. The minimum Gasteiger partial charge on any atom is -0.493 e. The maximum Gasteiger partial charge on any atom is 0.203 e. The van der Waals surface area contributed by atoms with Crippen LogP contribution in [-0.4, -0.2) is 42.4 Å². The van der Waals surface area contributed by atoms with Crippen LogP contribution in [0.4, 0.5) is 0 Å². The minimum absolute atomic E-state index is 0.141. The molecule has 0 aliphatic carbocycles. The van der Waals surface area contributed by atoms with Crippen molar-refractivity contribution in [2.45, 2.75) is 19.3 Å². The Kier molecular flexibility index (Phi) is 5.81. The van der Waals surface area contributed by atoms with Crippen molar-refractivity contribution in [2.24, 2.45) is 0 Å². The van der Waals surface area contributed by atoms with Crippen molar-refractivity contribution in [3.63, 3.8) is 0 Å². The number of benzene rings is 1. The van der Waals surface area contributed by atoms with Crippen LogP contribution in [0.5, 0.6) is 17.2 Å². The number of thioether (sulfide) groups is 1. The number of carbonyl (C=O) groups is 1. The number of carbonyl (C=O) groups excluding carboxylic acids is 1. The highest BCUT2D eigenvalue weighted by Crippen LogP contribution is 2.43. The van der Waals surface area contributed by atoms with Crippen LogP contribution >= 0.6 is 23.1 Å². The van der Waals surface area contributed by atoms with Gasteiger partial charge in [-0.15, -0.1) is 21.5 Å². The maximum atomic E-state index is 12.9. The van der Waals surface area contributed by atoms with Gasteiger partial charge in [0.05, 0.1) is 31.3 Å². The van der Waals surface area contributed by atoms with Gasteiger partial charge in [0, 0.05) is 0 Å². The van der Waals surface area contributed by atoms with Crippen LogP contribution in [0.15, 0.2) is 17.0 Å². The molecule has 7 nitrogen and oxygen atoms in total. The van der Waals surface area contributed by atoms with Crippen molar-refractivity contribution in [3.8, 4) is 17.2 Å². The molecule has 0 radical (unpaired) electrons. The van der Waals surface area contributed by atoms with Gasteiger partial charge in [-0.25, -0.2) is 0 Å². The van der Waals surface area contributed by atoms with Gasteiger partial charge in [0.2, 0.25) is 5.75 Å². The molecule has 1 aliphatic heterocycles. The van der Waals surface area contributed by atoms with Crippen LogP contribution in [0.3, 0.4) is 0 Å². The molecule has 2 heterocycles. The molecule has 0 unspecified atom stereocenters. The maximum absolute atomic E-state index is 12.9. The van der Waals surface area contributed by atoms with E-state index in [1.54, 1.807) is 18.2 Å². The van der Waals surface area contributed by atoms with Crippen LogP contribution in [0.1, 0.15) is 28.4 Å². The van der Waals surface area contributed by atoms with E-state index in [-0.39, 0.29) is 10.8 Å². The zero-order valence-electron chi connectivity index (χ0n) is 15.4. The molecule has 0 spiro atoms. The third-order valence-corrected chi connectivity index (χ3v) is 6.13. The van der Waals surface area contributed by atoms with E-state index in [0.29, 0.717) is 27.2 Å². The predicted molar refractivity (Wildman–Crippen MR) is 106 cm³/mol. The van der Waals surface area contributed by atoms with E-state index in [9.17, 15) is 4.79 Å². The van der Waals surface area contributed by atoms with Crippen LogP contribution in [0.2, 0.25) is 0 Å². The summed E-state index contributed by atoms with van der Waals surface area (Å²) in [5.74, 6) is 0.683. The van der Waals surface area contributed by atoms with Gasteiger partial charge in [0.1, 0.15) is 15.9 Å². The number of Topliss-reactive ketones (excluding diaryl/α,β-unsaturated/α-hetero) is 1. The Hall–Kier alpha value is -2.39. The van der Waals surface area contributed by atoms with E-state index in [2.05, 4.69) is 10.2 Å². The third kappa shape index (κ3) is 3.70. The summed E-state index contributed by atoms with van der Waals surface area (Å²) in [6.07, 6.45) is 2.49. The molecule has 1 N–H and O–H groups in total. The Bertz CT molecular complexity index is 898. The molecule has 0 saturated carbocycles. The zero-order valence-corrected chi connectivity index (χ0v) is 17.0. The van der Waals surface area contributed by atoms with Gasteiger partial charge in [-0.3, -0.25) is 10.2 Å². The first kappa shape index (κ1) is 19.4. The van der Waals surface area contributed by atoms with Crippen LogP contribution in [0, 0.1) is 5.41 Å². The SMILES string of the molecule is CCc1nnc([C@@H]2C(=N)S/C(=C\c3cc(OC)c(OC)c(OC)c3)C2=O)s1. The molecular formula is C18H19N3O4S2. The summed E-state index contributed by atoms with van der Waals surface area (Å²) in [4.78, 5) is 13.4. The molecule has 1 aromatic heterocycles. The molecule has 27 heavy (non-hydrogen) atoms. The van der Waals surface area contributed by atoms with Crippen LogP contribution < -0.4 is 14.2 Å². The first-order chi connectivity index (χ1) is 13.0. The largest absolute Gasteiger partial charge is 0.493 e. The molecule has 142 valence electrons. The summed E-state index contributed by atoms with van der Waals surface area (Å²) in [6, 6.07) is 3.53. The standard InChI is InChI=1S/C18H19N3O4S2/c1-5-13-20-21-18(27-13)14-15(22)12(26-17(14)19)8-9-6-10(23-2)16(25-4)11(7-9)24-3/h6-8,14,19H,5H2,1-4H3/b12-8-,19-17?/t14-/m0/s1. The molecule has 2 aromatic rings. The lowest BCUT2D eigenvalue weighted by Gasteiger charge is -2.13. The Morgan fingerprint density at radius 1 is 1.15 bits per heavy atom. The van der Waals surface area contributed by atoms with Crippen LogP contribution in [-0.2, 0) is 11.2 Å². The predicted octanol–water partition coefficient (Wildman–Crippen LogP) is 3.54. The second-order valence-corrected chi connectivity index (χ2v) is 7.80. The Labute approximate surface area is 165 Å². The molecule has 1 aromatic carbocycles. The summed E-state index contributed by atoms with van der Waals surface area (Å²) >= 11 is 2.53. The molecule has 1 atom stereocenters.